The molecule has 0 N–H and O–H groups in total. The van der Waals surface area contributed by atoms with Crippen molar-refractivity contribution < 1.29 is 29.4 Å². The Kier molecular flexibility index (Phi) is 12.3. The molecule has 1 atom stereocenters. The highest BCUT2D eigenvalue weighted by Gasteiger charge is 2.08. The number of unbranched alkanes of at least 4 members (excludes halogenated alkanes) is 3. The summed E-state index contributed by atoms with van der Waals surface area (Å²) < 4.78 is 0. The first-order chi connectivity index (χ1) is 8.70. The van der Waals surface area contributed by atoms with Crippen LogP contribution in [0.5, 0.6) is 0 Å². The van der Waals surface area contributed by atoms with Gasteiger partial charge in [-0.25, -0.2) is 14.6 Å². The molecule has 0 radical (unpaired) electrons. The molecule has 0 aliphatic rings. The van der Waals surface area contributed by atoms with E-state index in [0.717, 1.165) is 32.1 Å². The number of carbonyl (C=O) groups excluding carboxylic acids is 1. The van der Waals surface area contributed by atoms with Crippen molar-refractivity contribution in [1.29, 1.82) is 0 Å². The normalized spacial score (nSPS) is 12.4. The van der Waals surface area contributed by atoms with Crippen molar-refractivity contribution in [3.8, 4) is 0 Å². The molecule has 0 rings (SSSR count). The van der Waals surface area contributed by atoms with E-state index in [-0.39, 0.29) is 0 Å². The standard InChI is InChI=1S/C12H24O6/c1-4-6-8-9-12(13)17-18-16-11(3)15-14-10-7-5-2/h11H,4-10H2,1-3H3. The van der Waals surface area contributed by atoms with Gasteiger partial charge in [0.05, 0.1) is 6.61 Å². The molecule has 6 heteroatoms. The molecule has 0 aromatic carbocycles. The Balaban J connectivity index is 3.32. The molecule has 0 saturated carbocycles. The summed E-state index contributed by atoms with van der Waals surface area (Å²) in [4.78, 5) is 29.7. The Morgan fingerprint density at radius 3 is 2.44 bits per heavy atom. The molecule has 1 unspecified atom stereocenters. The van der Waals surface area contributed by atoms with Gasteiger partial charge in [-0.15, -0.1) is 0 Å². The Hall–Kier alpha value is -0.690. The SMILES string of the molecule is CCCCCC(=O)OOOC(C)OOCCCC. The summed E-state index contributed by atoms with van der Waals surface area (Å²) in [6.45, 7) is 6.16. The van der Waals surface area contributed by atoms with Gasteiger partial charge >= 0.3 is 5.97 Å². The molecular formula is C12H24O6. The van der Waals surface area contributed by atoms with Crippen LogP contribution in [0.4, 0.5) is 0 Å². The van der Waals surface area contributed by atoms with Crippen molar-refractivity contribution in [2.75, 3.05) is 6.61 Å². The monoisotopic (exact) mass is 264 g/mol. The highest BCUT2D eigenvalue weighted by atomic mass is 17.5. The van der Waals surface area contributed by atoms with E-state index in [4.69, 9.17) is 9.78 Å². The van der Waals surface area contributed by atoms with Crippen LogP contribution in [-0.4, -0.2) is 18.9 Å². The average Bonchev–Trinajstić information content (AvgIpc) is 2.35. The van der Waals surface area contributed by atoms with Crippen molar-refractivity contribution >= 4 is 5.97 Å². The molecule has 0 fully saturated rings. The van der Waals surface area contributed by atoms with Crippen LogP contribution in [-0.2, 0) is 29.4 Å². The lowest BCUT2D eigenvalue weighted by Gasteiger charge is -2.10. The third kappa shape index (κ3) is 11.8. The molecule has 0 aliphatic carbocycles. The fourth-order valence-corrected chi connectivity index (χ4v) is 1.04. The third-order valence-corrected chi connectivity index (χ3v) is 2.07. The van der Waals surface area contributed by atoms with Crippen molar-refractivity contribution in [2.45, 2.75) is 65.6 Å². The van der Waals surface area contributed by atoms with Gasteiger partial charge in [0.2, 0.25) is 6.29 Å². The molecule has 6 nitrogen and oxygen atoms in total. The highest BCUT2D eigenvalue weighted by molar-refractivity contribution is 5.68. The van der Waals surface area contributed by atoms with Gasteiger partial charge in [0.15, 0.2) is 0 Å². The highest BCUT2D eigenvalue weighted by Crippen LogP contribution is 2.02. The summed E-state index contributed by atoms with van der Waals surface area (Å²) in [5, 5.41) is 4.29. The molecular weight excluding hydrogens is 240 g/mol. The van der Waals surface area contributed by atoms with Gasteiger partial charge in [-0.1, -0.05) is 33.1 Å². The van der Waals surface area contributed by atoms with Crippen LogP contribution in [0.2, 0.25) is 0 Å². The number of rotatable bonds is 12. The van der Waals surface area contributed by atoms with Crippen LogP contribution in [0.1, 0.15) is 59.3 Å². The van der Waals surface area contributed by atoms with Crippen LogP contribution >= 0.6 is 0 Å². The van der Waals surface area contributed by atoms with Gasteiger partial charge in [-0.3, -0.25) is 4.89 Å². The summed E-state index contributed by atoms with van der Waals surface area (Å²) in [7, 11) is 0. The third-order valence-electron chi connectivity index (χ3n) is 2.07. The van der Waals surface area contributed by atoms with Gasteiger partial charge < -0.3 is 0 Å². The quantitative estimate of drug-likeness (QED) is 0.234. The lowest BCUT2D eigenvalue weighted by molar-refractivity contribution is -0.551. The number of hydrogen-bond donors (Lipinski definition) is 0. The Labute approximate surface area is 108 Å². The average molecular weight is 264 g/mol. The second-order valence-electron chi connectivity index (χ2n) is 3.92. The van der Waals surface area contributed by atoms with Gasteiger partial charge in [0.1, 0.15) is 0 Å². The number of carbonyl (C=O) groups is 1. The molecule has 0 saturated heterocycles. The van der Waals surface area contributed by atoms with E-state index >= 15 is 0 Å². The van der Waals surface area contributed by atoms with Crippen LogP contribution in [0.15, 0.2) is 0 Å². The summed E-state index contributed by atoms with van der Waals surface area (Å²) in [5.74, 6) is -0.456. The van der Waals surface area contributed by atoms with E-state index < -0.39 is 12.3 Å². The van der Waals surface area contributed by atoms with E-state index in [0.29, 0.717) is 13.0 Å². The molecule has 0 aromatic heterocycles. The topological polar surface area (TPSA) is 63.2 Å². The Morgan fingerprint density at radius 1 is 1.06 bits per heavy atom. The van der Waals surface area contributed by atoms with Crippen molar-refractivity contribution in [3.63, 3.8) is 0 Å². The van der Waals surface area contributed by atoms with E-state index in [9.17, 15) is 4.79 Å². The lowest BCUT2D eigenvalue weighted by Crippen LogP contribution is -2.16. The maximum absolute atomic E-state index is 11.1. The summed E-state index contributed by atoms with van der Waals surface area (Å²) >= 11 is 0. The molecule has 0 bridgehead atoms. The fraction of sp³-hybridized carbons (Fsp3) is 0.917. The summed E-state index contributed by atoms with van der Waals surface area (Å²) in [6, 6.07) is 0. The maximum atomic E-state index is 11.1. The molecule has 0 aliphatic heterocycles. The Morgan fingerprint density at radius 2 is 1.78 bits per heavy atom. The van der Waals surface area contributed by atoms with Gasteiger partial charge in [-0.05, 0) is 24.8 Å². The van der Waals surface area contributed by atoms with E-state index in [1.165, 1.54) is 0 Å². The minimum Gasteiger partial charge on any atom is -0.269 e. The van der Waals surface area contributed by atoms with Crippen LogP contribution < -0.4 is 0 Å². The first-order valence-electron chi connectivity index (χ1n) is 6.51. The van der Waals surface area contributed by atoms with E-state index in [1.54, 1.807) is 6.92 Å². The predicted molar refractivity (Wildman–Crippen MR) is 63.8 cm³/mol. The zero-order valence-corrected chi connectivity index (χ0v) is 11.5. The smallest absolute Gasteiger partial charge is 0.269 e. The van der Waals surface area contributed by atoms with Gasteiger partial charge in [0, 0.05) is 6.42 Å². The van der Waals surface area contributed by atoms with Crippen LogP contribution in [0.25, 0.3) is 0 Å². The summed E-state index contributed by atoms with van der Waals surface area (Å²) in [5.41, 5.74) is 0. The second-order valence-corrected chi connectivity index (χ2v) is 3.92. The van der Waals surface area contributed by atoms with Crippen molar-refractivity contribution in [3.05, 3.63) is 0 Å². The molecule has 0 spiro atoms. The van der Waals surface area contributed by atoms with E-state index in [2.05, 4.69) is 21.7 Å². The second kappa shape index (κ2) is 12.8. The zero-order chi connectivity index (χ0) is 13.6. The first-order valence-corrected chi connectivity index (χ1v) is 6.51. The minimum absolute atomic E-state index is 0.319. The van der Waals surface area contributed by atoms with E-state index in [1.807, 2.05) is 6.92 Å². The van der Waals surface area contributed by atoms with Crippen LogP contribution in [0, 0.1) is 0 Å². The molecule has 0 aromatic rings. The zero-order valence-electron chi connectivity index (χ0n) is 11.5. The minimum atomic E-state index is -0.759. The van der Waals surface area contributed by atoms with Crippen molar-refractivity contribution in [1.82, 2.24) is 0 Å². The predicted octanol–water partition coefficient (Wildman–Crippen LogP) is 3.07. The molecule has 108 valence electrons. The largest absolute Gasteiger partial charge is 0.345 e. The Bertz CT molecular complexity index is 197. The fourth-order valence-electron chi connectivity index (χ4n) is 1.04. The van der Waals surface area contributed by atoms with Gasteiger partial charge in [0.25, 0.3) is 0 Å². The van der Waals surface area contributed by atoms with Crippen molar-refractivity contribution in [2.24, 2.45) is 0 Å². The van der Waals surface area contributed by atoms with Gasteiger partial charge in [-0.2, -0.15) is 4.89 Å². The molecule has 0 heterocycles. The molecule has 18 heavy (non-hydrogen) atoms. The first kappa shape index (κ1) is 17.3. The maximum Gasteiger partial charge on any atom is 0.345 e. The molecule has 0 amide bonds. The lowest BCUT2D eigenvalue weighted by atomic mass is 10.2. The van der Waals surface area contributed by atoms with Crippen LogP contribution in [0.3, 0.4) is 0 Å². The number of hydrogen-bond acceptors (Lipinski definition) is 6. The summed E-state index contributed by atoms with van der Waals surface area (Å²) in [6.07, 6.45) is 4.30.